The Morgan fingerprint density at radius 2 is 1.81 bits per heavy atom. The number of amides is 2. The van der Waals surface area contributed by atoms with Gasteiger partial charge < -0.3 is 36.1 Å². The number of ether oxygens (including phenoxy) is 2. The molecule has 2 amide bonds. The molecule has 1 rings (SSSR count). The lowest BCUT2D eigenvalue weighted by atomic mass is 10.1. The number of hydrogen-bond acceptors (Lipinski definition) is 9. The summed E-state index contributed by atoms with van der Waals surface area (Å²) in [4.78, 5) is 45.7. The van der Waals surface area contributed by atoms with Crippen LogP contribution in [0.5, 0.6) is 0 Å². The van der Waals surface area contributed by atoms with Gasteiger partial charge in [0.25, 0.3) is 0 Å². The minimum absolute atomic E-state index is 0.00700. The van der Waals surface area contributed by atoms with Gasteiger partial charge in [-0.15, -0.1) is 0 Å². The molecule has 0 saturated heterocycles. The van der Waals surface area contributed by atoms with Gasteiger partial charge in [0.05, 0.1) is 5.71 Å². The van der Waals surface area contributed by atoms with Crippen molar-refractivity contribution >= 4 is 41.4 Å². The topological polar surface area (TPSA) is 190 Å². The first-order chi connectivity index (χ1) is 14.6. The maximum Gasteiger partial charge on any atom is 0.322 e. The summed E-state index contributed by atoms with van der Waals surface area (Å²) in [7, 11) is 2.98. The minimum Gasteiger partial charge on any atom is -0.480 e. The molecular formula is C18H26N4O8S. The number of carbonyl (C=O) groups excluding carboxylic acids is 2. The number of allylic oxidation sites excluding steroid dienone is 2. The first-order valence-electron chi connectivity index (χ1n) is 9.08. The van der Waals surface area contributed by atoms with Crippen LogP contribution in [-0.2, 0) is 28.7 Å². The Morgan fingerprint density at radius 3 is 2.32 bits per heavy atom. The van der Waals surface area contributed by atoms with Crippen molar-refractivity contribution in [3.8, 4) is 0 Å². The Balaban J connectivity index is 2.71. The van der Waals surface area contributed by atoms with Crippen molar-refractivity contribution in [3.63, 3.8) is 0 Å². The predicted molar refractivity (Wildman–Crippen MR) is 112 cm³/mol. The molecule has 31 heavy (non-hydrogen) atoms. The van der Waals surface area contributed by atoms with E-state index in [0.717, 1.165) is 11.9 Å². The van der Waals surface area contributed by atoms with Crippen LogP contribution in [0, 0.1) is 0 Å². The maximum atomic E-state index is 12.2. The lowest BCUT2D eigenvalue weighted by Crippen LogP contribution is -2.49. The summed E-state index contributed by atoms with van der Waals surface area (Å²) in [6, 6.07) is -2.29. The van der Waals surface area contributed by atoms with Gasteiger partial charge in [-0.1, -0.05) is 0 Å². The van der Waals surface area contributed by atoms with Crippen molar-refractivity contribution in [2.45, 2.75) is 30.7 Å². The first-order valence-corrected chi connectivity index (χ1v) is 10.0. The predicted octanol–water partition coefficient (Wildman–Crippen LogP) is -0.932. The summed E-state index contributed by atoms with van der Waals surface area (Å²) in [6.07, 6.45) is 6.29. The Bertz CT molecular complexity index is 746. The number of rotatable bonds is 13. The van der Waals surface area contributed by atoms with Crippen LogP contribution in [0.1, 0.15) is 12.8 Å². The molecule has 0 spiro atoms. The van der Waals surface area contributed by atoms with Gasteiger partial charge in [-0.3, -0.25) is 19.2 Å². The normalized spacial score (nSPS) is 16.3. The smallest absolute Gasteiger partial charge is 0.322 e. The molecule has 2 atom stereocenters. The molecule has 0 aromatic carbocycles. The maximum absolute atomic E-state index is 12.2. The van der Waals surface area contributed by atoms with E-state index in [0.29, 0.717) is 5.71 Å². The van der Waals surface area contributed by atoms with Crippen LogP contribution in [0.2, 0.25) is 0 Å². The van der Waals surface area contributed by atoms with Crippen molar-refractivity contribution in [1.82, 2.24) is 10.6 Å². The summed E-state index contributed by atoms with van der Waals surface area (Å²) >= 11 is 0.979. The van der Waals surface area contributed by atoms with E-state index in [1.807, 2.05) is 0 Å². The molecular weight excluding hydrogens is 432 g/mol. The lowest BCUT2D eigenvalue weighted by Gasteiger charge is -2.25. The molecule has 0 unspecified atom stereocenters. The number of nitrogens with one attached hydrogen (secondary N) is 2. The summed E-state index contributed by atoms with van der Waals surface area (Å²) < 4.78 is 14.7. The van der Waals surface area contributed by atoms with E-state index < -0.39 is 48.2 Å². The number of aliphatic carboxylic acids is 2. The molecule has 0 aromatic heterocycles. The van der Waals surface area contributed by atoms with E-state index in [1.165, 1.54) is 14.2 Å². The highest BCUT2D eigenvalue weighted by Gasteiger charge is 2.25. The van der Waals surface area contributed by atoms with Gasteiger partial charge in [0.1, 0.15) is 18.6 Å². The Hall–Kier alpha value is -2.74. The van der Waals surface area contributed by atoms with Crippen molar-refractivity contribution in [2.24, 2.45) is 10.1 Å². The second-order valence-corrected chi connectivity index (χ2v) is 7.10. The first kappa shape index (κ1) is 26.3. The average molecular weight is 458 g/mol. The van der Waals surface area contributed by atoms with Gasteiger partial charge in [0.15, 0.2) is 0 Å². The number of hydrogen-bond donors (Lipinski definition) is 5. The number of carboxylic acid groups (broad SMARTS) is 2. The summed E-state index contributed by atoms with van der Waals surface area (Å²) in [5, 5.41) is 22.1. The number of carboxylic acids is 2. The molecule has 0 saturated carbocycles. The van der Waals surface area contributed by atoms with E-state index in [1.54, 1.807) is 24.3 Å². The van der Waals surface area contributed by atoms with Crippen LogP contribution in [0.25, 0.3) is 0 Å². The van der Waals surface area contributed by atoms with Gasteiger partial charge in [-0.25, -0.2) is 4.40 Å². The van der Waals surface area contributed by atoms with Crippen LogP contribution < -0.4 is 16.4 Å². The van der Waals surface area contributed by atoms with Gasteiger partial charge in [0.2, 0.25) is 17.6 Å². The van der Waals surface area contributed by atoms with Crippen molar-refractivity contribution < 1.29 is 38.9 Å². The Morgan fingerprint density at radius 1 is 1.19 bits per heavy atom. The molecule has 13 heteroatoms. The Labute approximate surface area is 183 Å². The highest BCUT2D eigenvalue weighted by molar-refractivity contribution is 7.98. The van der Waals surface area contributed by atoms with E-state index in [2.05, 4.69) is 15.0 Å². The summed E-state index contributed by atoms with van der Waals surface area (Å²) in [5.41, 5.74) is 5.92. The standard InChI is InChI=1S/C18H26N4O8S/c1-29-18(30-2)7-5-11(6-8-18)22-31-10-13(16(26)20-9-15(24)25)21-14(23)4-3-12(19)17(27)28/h5-8,12-13H,3-4,9-10,19H2,1-2H3,(H,20,26)(H,21,23)(H,24,25)(H,27,28)/t12-,13-/m0/s1. The van der Waals surface area contributed by atoms with Gasteiger partial charge >= 0.3 is 11.9 Å². The molecule has 0 aromatic rings. The van der Waals surface area contributed by atoms with Gasteiger partial charge in [-0.2, -0.15) is 0 Å². The molecule has 0 radical (unpaired) electrons. The molecule has 1 aliphatic rings. The number of nitrogens with zero attached hydrogens (tertiary/aromatic N) is 1. The van der Waals surface area contributed by atoms with Gasteiger partial charge in [0, 0.05) is 26.4 Å². The molecule has 6 N–H and O–H groups in total. The molecule has 12 nitrogen and oxygen atoms in total. The van der Waals surface area contributed by atoms with E-state index in [9.17, 15) is 19.2 Å². The fourth-order valence-corrected chi connectivity index (χ4v) is 2.99. The second kappa shape index (κ2) is 12.8. The van der Waals surface area contributed by atoms with Crippen LogP contribution in [-0.4, -0.2) is 84.1 Å². The van der Waals surface area contributed by atoms with Crippen LogP contribution >= 0.6 is 11.9 Å². The van der Waals surface area contributed by atoms with E-state index in [-0.39, 0.29) is 18.6 Å². The quantitative estimate of drug-likeness (QED) is 0.170. The second-order valence-electron chi connectivity index (χ2n) is 6.32. The SMILES string of the molecule is COC1(OC)C=CC(=NSC[C@H](NC(=O)CC[C@H](N)C(=O)O)C(=O)NCC(=O)O)C=C1. The zero-order chi connectivity index (χ0) is 23.4. The fraction of sp³-hybridized carbons (Fsp3) is 0.500. The molecule has 0 fully saturated rings. The molecule has 0 heterocycles. The largest absolute Gasteiger partial charge is 0.480 e. The number of nitrogens with two attached hydrogens (primary N) is 1. The molecule has 0 bridgehead atoms. The van der Waals surface area contributed by atoms with E-state index in [4.69, 9.17) is 25.4 Å². The third-order valence-electron chi connectivity index (χ3n) is 4.09. The lowest BCUT2D eigenvalue weighted by molar-refractivity contribution is -0.139. The van der Waals surface area contributed by atoms with Crippen molar-refractivity contribution in [1.29, 1.82) is 0 Å². The third-order valence-corrected chi connectivity index (χ3v) is 4.91. The van der Waals surface area contributed by atoms with Gasteiger partial charge in [-0.05, 0) is 42.7 Å². The van der Waals surface area contributed by atoms with Crippen LogP contribution in [0.3, 0.4) is 0 Å². The monoisotopic (exact) mass is 458 g/mol. The van der Waals surface area contributed by atoms with Crippen molar-refractivity contribution in [3.05, 3.63) is 24.3 Å². The highest BCUT2D eigenvalue weighted by atomic mass is 32.2. The zero-order valence-electron chi connectivity index (χ0n) is 17.1. The fourth-order valence-electron chi connectivity index (χ4n) is 2.26. The minimum atomic E-state index is -1.24. The zero-order valence-corrected chi connectivity index (χ0v) is 17.9. The molecule has 1 aliphatic carbocycles. The number of methoxy groups -OCH3 is 2. The number of carbonyl (C=O) groups is 4. The van der Waals surface area contributed by atoms with Crippen molar-refractivity contribution in [2.75, 3.05) is 26.5 Å². The van der Waals surface area contributed by atoms with E-state index >= 15 is 0 Å². The average Bonchev–Trinajstić information content (AvgIpc) is 2.75. The van der Waals surface area contributed by atoms with Crippen LogP contribution in [0.15, 0.2) is 28.7 Å². The molecule has 0 aliphatic heterocycles. The molecule has 172 valence electrons. The Kier molecular flexibility index (Phi) is 10.9. The van der Waals surface area contributed by atoms with Crippen LogP contribution in [0.4, 0.5) is 0 Å². The highest BCUT2D eigenvalue weighted by Crippen LogP contribution is 2.20. The summed E-state index contributed by atoms with van der Waals surface area (Å²) in [6.45, 7) is -0.615. The summed E-state index contributed by atoms with van der Waals surface area (Å²) in [5.74, 6) is -4.76. The third kappa shape index (κ3) is 9.29.